The zero-order chi connectivity index (χ0) is 20.4. The highest BCUT2D eigenvalue weighted by atomic mass is 16.5. The number of rotatable bonds is 7. The molecule has 1 aliphatic rings. The number of aldehydes is 1. The van der Waals surface area contributed by atoms with Crippen LogP contribution >= 0.6 is 0 Å². The van der Waals surface area contributed by atoms with Gasteiger partial charge in [0.2, 0.25) is 0 Å². The molecule has 1 heterocycles. The number of ether oxygens (including phenoxy) is 2. The molecular formula is C18H25N3O6. The van der Waals surface area contributed by atoms with Crippen molar-refractivity contribution < 1.29 is 28.7 Å². The standard InChI is InChI=1S/C10H13NO2.C8H12N2O4/c1-11-6-8-3-4-10(13-2)5-9(8)7-12;1-3-14-5(11)4-8(2)6(12)9-7(13)10-8/h3-5,7,11H,6H2,1-2H3;3-4H2,1-2H3,(H2,9,10,12,13). The summed E-state index contributed by atoms with van der Waals surface area (Å²) in [5.74, 6) is -0.301. The Morgan fingerprint density at radius 3 is 2.52 bits per heavy atom. The summed E-state index contributed by atoms with van der Waals surface area (Å²) in [7, 11) is 3.43. The molecule has 1 atom stereocenters. The Morgan fingerprint density at radius 2 is 2.04 bits per heavy atom. The van der Waals surface area contributed by atoms with Gasteiger partial charge in [0.15, 0.2) is 6.29 Å². The van der Waals surface area contributed by atoms with Crippen LogP contribution < -0.4 is 20.7 Å². The molecule has 27 heavy (non-hydrogen) atoms. The van der Waals surface area contributed by atoms with Gasteiger partial charge in [-0.3, -0.25) is 19.7 Å². The number of carbonyl (C=O) groups excluding carboxylic acids is 4. The number of benzene rings is 1. The Balaban J connectivity index is 0.000000271. The molecule has 1 aromatic carbocycles. The summed E-state index contributed by atoms with van der Waals surface area (Å²) in [6.45, 7) is 4.10. The highest BCUT2D eigenvalue weighted by molar-refractivity contribution is 6.08. The van der Waals surface area contributed by atoms with Crippen LogP contribution in [0, 0.1) is 0 Å². The van der Waals surface area contributed by atoms with Gasteiger partial charge in [-0.2, -0.15) is 0 Å². The molecule has 2 rings (SSSR count). The van der Waals surface area contributed by atoms with Crippen molar-refractivity contribution >= 4 is 24.2 Å². The SMILES string of the molecule is CCOC(=O)CC1(C)NC(=O)NC1=O.CNCc1ccc(OC)cc1C=O. The summed E-state index contributed by atoms with van der Waals surface area (Å²) in [6, 6.07) is 4.89. The van der Waals surface area contributed by atoms with Crippen LogP contribution in [0.15, 0.2) is 18.2 Å². The van der Waals surface area contributed by atoms with Gasteiger partial charge in [0.1, 0.15) is 11.3 Å². The van der Waals surface area contributed by atoms with E-state index < -0.39 is 23.4 Å². The van der Waals surface area contributed by atoms with Crippen LogP contribution in [0.25, 0.3) is 0 Å². The average molecular weight is 379 g/mol. The second-order valence-corrected chi connectivity index (χ2v) is 5.94. The van der Waals surface area contributed by atoms with E-state index in [0.29, 0.717) is 17.9 Å². The molecule has 1 unspecified atom stereocenters. The number of nitrogens with one attached hydrogen (secondary N) is 3. The lowest BCUT2D eigenvalue weighted by atomic mass is 9.99. The lowest BCUT2D eigenvalue weighted by Gasteiger charge is -2.18. The molecule has 1 aliphatic heterocycles. The average Bonchev–Trinajstić information content (AvgIpc) is 2.87. The van der Waals surface area contributed by atoms with Gasteiger partial charge in [0.05, 0.1) is 20.1 Å². The topological polar surface area (TPSA) is 123 Å². The summed E-state index contributed by atoms with van der Waals surface area (Å²) in [5.41, 5.74) is 0.482. The number of hydrogen-bond acceptors (Lipinski definition) is 7. The Morgan fingerprint density at radius 1 is 1.33 bits per heavy atom. The van der Waals surface area contributed by atoms with Crippen LogP contribution in [0.5, 0.6) is 5.75 Å². The third kappa shape index (κ3) is 6.37. The van der Waals surface area contributed by atoms with E-state index in [1.54, 1.807) is 20.1 Å². The van der Waals surface area contributed by atoms with Crippen molar-refractivity contribution in [2.75, 3.05) is 20.8 Å². The molecule has 0 aromatic heterocycles. The number of methoxy groups -OCH3 is 1. The minimum Gasteiger partial charge on any atom is -0.497 e. The molecule has 3 amide bonds. The quantitative estimate of drug-likeness (QED) is 0.363. The van der Waals surface area contributed by atoms with Gasteiger partial charge in [0, 0.05) is 12.1 Å². The van der Waals surface area contributed by atoms with Crippen LogP contribution in [0.3, 0.4) is 0 Å². The Labute approximate surface area is 157 Å². The van der Waals surface area contributed by atoms with Crippen molar-refractivity contribution in [3.8, 4) is 5.75 Å². The van der Waals surface area contributed by atoms with Crippen molar-refractivity contribution in [1.29, 1.82) is 0 Å². The first kappa shape index (κ1) is 22.1. The summed E-state index contributed by atoms with van der Waals surface area (Å²) in [6.07, 6.45) is 0.688. The summed E-state index contributed by atoms with van der Waals surface area (Å²) in [4.78, 5) is 43.8. The van der Waals surface area contributed by atoms with E-state index in [4.69, 9.17) is 4.74 Å². The van der Waals surface area contributed by atoms with E-state index >= 15 is 0 Å². The maximum absolute atomic E-state index is 11.2. The zero-order valence-corrected chi connectivity index (χ0v) is 15.9. The van der Waals surface area contributed by atoms with Gasteiger partial charge in [-0.15, -0.1) is 0 Å². The maximum atomic E-state index is 11.2. The van der Waals surface area contributed by atoms with Crippen LogP contribution in [-0.4, -0.2) is 50.5 Å². The largest absolute Gasteiger partial charge is 0.497 e. The Kier molecular flexibility index (Phi) is 8.40. The summed E-state index contributed by atoms with van der Waals surface area (Å²) < 4.78 is 9.69. The van der Waals surface area contributed by atoms with E-state index in [-0.39, 0.29) is 13.0 Å². The smallest absolute Gasteiger partial charge is 0.322 e. The first-order chi connectivity index (χ1) is 12.8. The first-order valence-electron chi connectivity index (χ1n) is 8.35. The molecule has 9 heteroatoms. The molecule has 9 nitrogen and oxygen atoms in total. The predicted molar refractivity (Wildman–Crippen MR) is 97.5 cm³/mol. The molecule has 1 saturated heterocycles. The summed E-state index contributed by atoms with van der Waals surface area (Å²) in [5, 5.41) is 7.42. The third-order valence-electron chi connectivity index (χ3n) is 3.77. The van der Waals surface area contributed by atoms with Crippen molar-refractivity contribution in [2.45, 2.75) is 32.4 Å². The molecule has 0 saturated carbocycles. The fourth-order valence-electron chi connectivity index (χ4n) is 2.37. The highest BCUT2D eigenvalue weighted by Gasteiger charge is 2.43. The fourth-order valence-corrected chi connectivity index (χ4v) is 2.37. The van der Waals surface area contributed by atoms with Gasteiger partial charge in [-0.05, 0) is 38.6 Å². The number of esters is 1. The van der Waals surface area contributed by atoms with Crippen molar-refractivity contribution in [2.24, 2.45) is 0 Å². The van der Waals surface area contributed by atoms with Crippen molar-refractivity contribution in [3.05, 3.63) is 29.3 Å². The lowest BCUT2D eigenvalue weighted by Crippen LogP contribution is -2.45. The number of imide groups is 1. The van der Waals surface area contributed by atoms with E-state index in [0.717, 1.165) is 11.8 Å². The molecule has 0 spiro atoms. The molecule has 3 N–H and O–H groups in total. The molecule has 1 fully saturated rings. The van der Waals surface area contributed by atoms with Crippen LogP contribution in [-0.2, 0) is 20.9 Å². The number of urea groups is 1. The van der Waals surface area contributed by atoms with E-state index in [2.05, 4.69) is 20.7 Å². The monoisotopic (exact) mass is 379 g/mol. The molecule has 1 aromatic rings. The van der Waals surface area contributed by atoms with E-state index in [1.165, 1.54) is 6.92 Å². The Hall–Kier alpha value is -2.94. The Bertz CT molecular complexity index is 706. The third-order valence-corrected chi connectivity index (χ3v) is 3.77. The maximum Gasteiger partial charge on any atom is 0.322 e. The second kappa shape index (κ2) is 10.3. The lowest BCUT2D eigenvalue weighted by molar-refractivity contribution is -0.146. The first-order valence-corrected chi connectivity index (χ1v) is 8.35. The number of amides is 3. The summed E-state index contributed by atoms with van der Waals surface area (Å²) >= 11 is 0. The van der Waals surface area contributed by atoms with Gasteiger partial charge < -0.3 is 20.1 Å². The minimum atomic E-state index is -1.18. The van der Waals surface area contributed by atoms with Crippen molar-refractivity contribution in [1.82, 2.24) is 16.0 Å². The molecule has 0 bridgehead atoms. The zero-order valence-electron chi connectivity index (χ0n) is 15.9. The molecular weight excluding hydrogens is 354 g/mol. The number of hydrogen-bond donors (Lipinski definition) is 3. The van der Waals surface area contributed by atoms with E-state index in [9.17, 15) is 19.2 Å². The van der Waals surface area contributed by atoms with Gasteiger partial charge in [0.25, 0.3) is 5.91 Å². The van der Waals surface area contributed by atoms with Gasteiger partial charge in [-0.1, -0.05) is 6.07 Å². The van der Waals surface area contributed by atoms with Crippen LogP contribution in [0.1, 0.15) is 36.2 Å². The van der Waals surface area contributed by atoms with Crippen LogP contribution in [0.4, 0.5) is 4.79 Å². The van der Waals surface area contributed by atoms with Crippen LogP contribution in [0.2, 0.25) is 0 Å². The predicted octanol–water partition coefficient (Wildman–Crippen LogP) is 0.765. The number of carbonyl (C=O) groups is 4. The fraction of sp³-hybridized carbons (Fsp3) is 0.444. The minimum absolute atomic E-state index is 0.154. The normalized spacial score (nSPS) is 17.9. The van der Waals surface area contributed by atoms with Crippen molar-refractivity contribution in [3.63, 3.8) is 0 Å². The van der Waals surface area contributed by atoms with Gasteiger partial charge in [-0.25, -0.2) is 4.79 Å². The molecule has 148 valence electrons. The van der Waals surface area contributed by atoms with Gasteiger partial charge >= 0.3 is 12.0 Å². The molecule has 0 radical (unpaired) electrons. The second-order valence-electron chi connectivity index (χ2n) is 5.94. The van der Waals surface area contributed by atoms with E-state index in [1.807, 2.05) is 19.2 Å². The molecule has 0 aliphatic carbocycles. The highest BCUT2D eigenvalue weighted by Crippen LogP contribution is 2.16.